The van der Waals surface area contributed by atoms with Gasteiger partial charge >= 0.3 is 0 Å². The van der Waals surface area contributed by atoms with E-state index < -0.39 is 0 Å². The zero-order chi connectivity index (χ0) is 13.9. The van der Waals surface area contributed by atoms with Gasteiger partial charge in [0, 0.05) is 65.6 Å². The summed E-state index contributed by atoms with van der Waals surface area (Å²) in [4.78, 5) is 9.89. The largest absolute Gasteiger partial charge is 0.350 e. The first-order valence-corrected chi connectivity index (χ1v) is 8.03. The molecule has 0 amide bonds. The summed E-state index contributed by atoms with van der Waals surface area (Å²) in [7, 11) is 0. The lowest BCUT2D eigenvalue weighted by Gasteiger charge is -2.36. The minimum atomic E-state index is 0.186. The van der Waals surface area contributed by atoms with Crippen LogP contribution in [0.3, 0.4) is 0 Å². The lowest BCUT2D eigenvalue weighted by atomic mass is 10.4. The highest BCUT2D eigenvalue weighted by Gasteiger charge is 2.38. The van der Waals surface area contributed by atoms with Gasteiger partial charge in [-0.15, -0.1) is 0 Å². The van der Waals surface area contributed by atoms with Crippen molar-refractivity contribution in [3.05, 3.63) is 0 Å². The van der Waals surface area contributed by atoms with E-state index in [2.05, 4.69) is 33.4 Å². The van der Waals surface area contributed by atoms with E-state index in [0.29, 0.717) is 0 Å². The molecule has 0 N–H and O–H groups in total. The Kier molecular flexibility index (Phi) is 4.91. The van der Waals surface area contributed by atoms with Crippen molar-refractivity contribution in [2.24, 2.45) is 0 Å². The maximum Gasteiger partial charge on any atom is 0.168 e. The molecule has 3 fully saturated rings. The number of ether oxygens (including phenoxy) is 2. The van der Waals surface area contributed by atoms with Crippen LogP contribution in [0.5, 0.6) is 0 Å². The number of rotatable bonds is 4. The van der Waals surface area contributed by atoms with Gasteiger partial charge in [-0.05, 0) is 13.8 Å². The van der Waals surface area contributed by atoms with E-state index in [4.69, 9.17) is 9.47 Å². The van der Waals surface area contributed by atoms with Crippen LogP contribution in [0.15, 0.2) is 0 Å². The lowest BCUT2D eigenvalue weighted by Crippen LogP contribution is -2.51. The third-order valence-corrected chi connectivity index (χ3v) is 4.58. The second kappa shape index (κ2) is 6.68. The van der Waals surface area contributed by atoms with Crippen LogP contribution in [0, 0.1) is 0 Å². The van der Waals surface area contributed by atoms with Gasteiger partial charge in [0.15, 0.2) is 12.7 Å². The van der Waals surface area contributed by atoms with Gasteiger partial charge in [-0.3, -0.25) is 19.6 Å². The average molecular weight is 284 g/mol. The van der Waals surface area contributed by atoms with Crippen LogP contribution in [0.2, 0.25) is 0 Å². The summed E-state index contributed by atoms with van der Waals surface area (Å²) in [6, 6.07) is 0. The van der Waals surface area contributed by atoms with Crippen LogP contribution in [-0.4, -0.2) is 97.9 Å². The fraction of sp³-hybridized carbons (Fsp3) is 1.00. The average Bonchev–Trinajstić information content (AvgIpc) is 2.98. The first-order valence-electron chi connectivity index (χ1n) is 8.03. The third kappa shape index (κ3) is 2.86. The van der Waals surface area contributed by atoms with Gasteiger partial charge in [0.05, 0.1) is 0 Å². The van der Waals surface area contributed by atoms with Crippen molar-refractivity contribution in [2.75, 3.05) is 65.6 Å². The quantitative estimate of drug-likeness (QED) is 0.715. The molecule has 3 aliphatic rings. The first kappa shape index (κ1) is 14.7. The molecule has 6 nitrogen and oxygen atoms in total. The first-order chi connectivity index (χ1) is 9.83. The van der Waals surface area contributed by atoms with E-state index in [1.807, 2.05) is 0 Å². The predicted octanol–water partition coefficient (Wildman–Crippen LogP) is -0.125. The zero-order valence-electron chi connectivity index (χ0n) is 12.8. The molecule has 4 bridgehead atoms. The topological polar surface area (TPSA) is 31.4 Å². The summed E-state index contributed by atoms with van der Waals surface area (Å²) in [6.45, 7) is 14.5. The molecule has 0 aliphatic carbocycles. The molecular formula is C14H28N4O2. The number of hydrogen-bond acceptors (Lipinski definition) is 6. The van der Waals surface area contributed by atoms with Crippen LogP contribution in [0.4, 0.5) is 0 Å². The Bertz CT molecular complexity index is 264. The van der Waals surface area contributed by atoms with Gasteiger partial charge in [-0.1, -0.05) is 0 Å². The van der Waals surface area contributed by atoms with E-state index in [-0.39, 0.29) is 12.7 Å². The second-order valence-electron chi connectivity index (χ2n) is 5.71. The molecule has 0 aromatic heterocycles. The van der Waals surface area contributed by atoms with E-state index in [9.17, 15) is 0 Å². The van der Waals surface area contributed by atoms with Crippen molar-refractivity contribution in [2.45, 2.75) is 26.6 Å². The van der Waals surface area contributed by atoms with Gasteiger partial charge in [0.2, 0.25) is 0 Å². The smallest absolute Gasteiger partial charge is 0.168 e. The van der Waals surface area contributed by atoms with Crippen molar-refractivity contribution in [3.63, 3.8) is 0 Å². The summed E-state index contributed by atoms with van der Waals surface area (Å²) < 4.78 is 11.9. The molecule has 6 heteroatoms. The Hall–Kier alpha value is -0.240. The Morgan fingerprint density at radius 1 is 0.600 bits per heavy atom. The van der Waals surface area contributed by atoms with E-state index >= 15 is 0 Å². The molecule has 20 heavy (non-hydrogen) atoms. The molecule has 116 valence electrons. The number of fused-ring (bicyclic) bond motifs is 4. The van der Waals surface area contributed by atoms with Gasteiger partial charge < -0.3 is 9.47 Å². The summed E-state index contributed by atoms with van der Waals surface area (Å²) in [6.07, 6.45) is 0.371. The van der Waals surface area contributed by atoms with Crippen LogP contribution in [-0.2, 0) is 9.47 Å². The van der Waals surface area contributed by atoms with Crippen LogP contribution in [0.1, 0.15) is 13.8 Å². The Balaban J connectivity index is 1.70. The molecule has 0 atom stereocenters. The van der Waals surface area contributed by atoms with E-state index in [0.717, 1.165) is 65.6 Å². The van der Waals surface area contributed by atoms with E-state index in [1.165, 1.54) is 0 Å². The second-order valence-corrected chi connectivity index (χ2v) is 5.71. The third-order valence-electron chi connectivity index (χ3n) is 4.58. The maximum atomic E-state index is 5.95. The molecule has 3 heterocycles. The molecule has 0 spiro atoms. The number of nitrogens with zero attached hydrogens (tertiary/aromatic N) is 4. The van der Waals surface area contributed by atoms with Crippen LogP contribution in [0.25, 0.3) is 0 Å². The molecule has 3 aliphatic heterocycles. The fourth-order valence-corrected chi connectivity index (χ4v) is 3.54. The molecule has 0 aromatic carbocycles. The van der Waals surface area contributed by atoms with Gasteiger partial charge in [0.25, 0.3) is 0 Å². The molecule has 0 unspecified atom stereocenters. The zero-order valence-corrected chi connectivity index (χ0v) is 12.8. The highest BCUT2D eigenvalue weighted by molar-refractivity contribution is 4.84. The minimum absolute atomic E-state index is 0.186. The molecule has 3 rings (SSSR count). The Morgan fingerprint density at radius 2 is 0.850 bits per heavy atom. The number of hydrogen-bond donors (Lipinski definition) is 0. The van der Waals surface area contributed by atoms with Crippen molar-refractivity contribution in [1.82, 2.24) is 19.6 Å². The molecule has 0 aromatic rings. The van der Waals surface area contributed by atoms with Crippen LogP contribution < -0.4 is 0 Å². The van der Waals surface area contributed by atoms with Crippen LogP contribution >= 0.6 is 0 Å². The summed E-state index contributed by atoms with van der Waals surface area (Å²) in [5.74, 6) is 0. The molecule has 3 saturated heterocycles. The molecule has 0 saturated carbocycles. The van der Waals surface area contributed by atoms with Gasteiger partial charge in [-0.2, -0.15) is 0 Å². The Labute approximate surface area is 122 Å². The molecular weight excluding hydrogens is 256 g/mol. The molecule has 0 radical (unpaired) electrons. The van der Waals surface area contributed by atoms with Crippen molar-refractivity contribution < 1.29 is 9.47 Å². The van der Waals surface area contributed by atoms with Crippen molar-refractivity contribution >= 4 is 0 Å². The standard InChI is InChI=1S/C14H28N4O2/c1-3-19-13-15-5-6-16(13)10-12-18-8-7-17(11-9-15)14(18)20-4-2/h13-14H,3-12H2,1-2H3. The predicted molar refractivity (Wildman–Crippen MR) is 77.1 cm³/mol. The van der Waals surface area contributed by atoms with Crippen molar-refractivity contribution in [1.29, 1.82) is 0 Å². The minimum Gasteiger partial charge on any atom is -0.350 e. The fourth-order valence-electron chi connectivity index (χ4n) is 3.54. The van der Waals surface area contributed by atoms with Gasteiger partial charge in [0.1, 0.15) is 0 Å². The maximum absolute atomic E-state index is 5.95. The monoisotopic (exact) mass is 284 g/mol. The summed E-state index contributed by atoms with van der Waals surface area (Å²) in [5.41, 5.74) is 0. The van der Waals surface area contributed by atoms with E-state index in [1.54, 1.807) is 0 Å². The normalized spacial score (nSPS) is 44.7. The summed E-state index contributed by atoms with van der Waals surface area (Å²) in [5, 5.41) is 0. The lowest BCUT2D eigenvalue weighted by molar-refractivity contribution is -0.142. The highest BCUT2D eigenvalue weighted by Crippen LogP contribution is 2.21. The Morgan fingerprint density at radius 3 is 1.05 bits per heavy atom. The van der Waals surface area contributed by atoms with Crippen molar-refractivity contribution in [3.8, 4) is 0 Å². The summed E-state index contributed by atoms with van der Waals surface area (Å²) >= 11 is 0. The highest BCUT2D eigenvalue weighted by atomic mass is 16.5. The SMILES string of the molecule is CCOC1N2CCN1CCN1CCN(CC2)C1OCC. The van der Waals surface area contributed by atoms with Gasteiger partial charge in [-0.25, -0.2) is 0 Å².